The molecule has 1 aromatic rings. The summed E-state index contributed by atoms with van der Waals surface area (Å²) in [5.74, 6) is -1.68. The fourth-order valence-corrected chi connectivity index (χ4v) is 1.79. The van der Waals surface area contributed by atoms with E-state index in [0.29, 0.717) is 12.3 Å². The molecule has 0 aromatic carbocycles. The first-order chi connectivity index (χ1) is 9.36. The standard InChI is InChI=1S/C13H18N2O5/c1-8(7-20-3)14-11(16)6-15-9(2)4-5-10(12(15)17)13(18)19/h4-5,8H,6-7H2,1-3H3,(H,14,16)(H,18,19). The van der Waals surface area contributed by atoms with E-state index in [-0.39, 0.29) is 24.1 Å². The van der Waals surface area contributed by atoms with Gasteiger partial charge in [0.05, 0.1) is 6.61 Å². The van der Waals surface area contributed by atoms with Gasteiger partial charge in [0.25, 0.3) is 5.56 Å². The van der Waals surface area contributed by atoms with Crippen molar-refractivity contribution in [1.82, 2.24) is 9.88 Å². The molecule has 7 nitrogen and oxygen atoms in total. The van der Waals surface area contributed by atoms with E-state index in [2.05, 4.69) is 5.32 Å². The monoisotopic (exact) mass is 282 g/mol. The van der Waals surface area contributed by atoms with E-state index in [1.165, 1.54) is 19.2 Å². The zero-order chi connectivity index (χ0) is 15.3. The van der Waals surface area contributed by atoms with Crippen molar-refractivity contribution in [2.24, 2.45) is 0 Å². The minimum Gasteiger partial charge on any atom is -0.477 e. The van der Waals surface area contributed by atoms with Crippen LogP contribution < -0.4 is 10.9 Å². The van der Waals surface area contributed by atoms with Crippen molar-refractivity contribution in [3.63, 3.8) is 0 Å². The summed E-state index contributed by atoms with van der Waals surface area (Å²) in [7, 11) is 1.52. The van der Waals surface area contributed by atoms with Crippen molar-refractivity contribution in [3.8, 4) is 0 Å². The van der Waals surface area contributed by atoms with Gasteiger partial charge < -0.3 is 19.7 Å². The average Bonchev–Trinajstić information content (AvgIpc) is 2.34. The summed E-state index contributed by atoms with van der Waals surface area (Å²) in [4.78, 5) is 34.7. The molecule has 20 heavy (non-hydrogen) atoms. The van der Waals surface area contributed by atoms with Gasteiger partial charge in [-0.3, -0.25) is 9.59 Å². The minimum absolute atomic E-state index is 0.189. The van der Waals surface area contributed by atoms with Crippen LogP contribution in [0.2, 0.25) is 0 Å². The van der Waals surface area contributed by atoms with Gasteiger partial charge >= 0.3 is 5.97 Å². The second-order valence-corrected chi connectivity index (χ2v) is 4.51. The molecule has 0 saturated carbocycles. The smallest absolute Gasteiger partial charge is 0.341 e. The maximum absolute atomic E-state index is 12.0. The maximum Gasteiger partial charge on any atom is 0.341 e. The predicted octanol–water partition coefficient (Wildman–Crippen LogP) is 0.00602. The van der Waals surface area contributed by atoms with Crippen LogP contribution in [0.25, 0.3) is 0 Å². The molecule has 0 bridgehead atoms. The number of nitrogens with zero attached hydrogens (tertiary/aromatic N) is 1. The third-order valence-electron chi connectivity index (χ3n) is 2.75. The van der Waals surface area contributed by atoms with Gasteiger partial charge in [-0.1, -0.05) is 0 Å². The Labute approximate surface area is 116 Å². The van der Waals surface area contributed by atoms with Crippen molar-refractivity contribution >= 4 is 11.9 Å². The number of pyridine rings is 1. The number of carbonyl (C=O) groups excluding carboxylic acids is 1. The van der Waals surface area contributed by atoms with Gasteiger partial charge in [-0.2, -0.15) is 0 Å². The minimum atomic E-state index is -1.31. The zero-order valence-electron chi connectivity index (χ0n) is 11.7. The fraction of sp³-hybridized carbons (Fsp3) is 0.462. The highest BCUT2D eigenvalue weighted by Gasteiger charge is 2.15. The fourth-order valence-electron chi connectivity index (χ4n) is 1.79. The van der Waals surface area contributed by atoms with Gasteiger partial charge in [0, 0.05) is 18.8 Å². The number of aromatic carboxylic acids is 1. The Hall–Kier alpha value is -2.15. The molecule has 1 atom stereocenters. The summed E-state index contributed by atoms with van der Waals surface area (Å²) in [6.07, 6.45) is 0. The number of hydrogen-bond donors (Lipinski definition) is 2. The molecule has 110 valence electrons. The number of amides is 1. The van der Waals surface area contributed by atoms with Gasteiger partial charge in [0.1, 0.15) is 12.1 Å². The van der Waals surface area contributed by atoms with Crippen molar-refractivity contribution in [1.29, 1.82) is 0 Å². The van der Waals surface area contributed by atoms with E-state index in [0.717, 1.165) is 4.57 Å². The number of hydrogen-bond acceptors (Lipinski definition) is 4. The summed E-state index contributed by atoms with van der Waals surface area (Å²) in [6.45, 7) is 3.54. The largest absolute Gasteiger partial charge is 0.477 e. The quantitative estimate of drug-likeness (QED) is 0.765. The number of aryl methyl sites for hydroxylation is 1. The van der Waals surface area contributed by atoms with Crippen LogP contribution in [0.4, 0.5) is 0 Å². The van der Waals surface area contributed by atoms with Crippen LogP contribution in [-0.2, 0) is 16.1 Å². The lowest BCUT2D eigenvalue weighted by Crippen LogP contribution is -2.40. The van der Waals surface area contributed by atoms with Gasteiger partial charge in [-0.25, -0.2) is 4.79 Å². The summed E-state index contributed by atoms with van der Waals surface area (Å²) in [5, 5.41) is 11.6. The number of ether oxygens (including phenoxy) is 1. The topological polar surface area (TPSA) is 97.6 Å². The van der Waals surface area contributed by atoms with Crippen LogP contribution >= 0.6 is 0 Å². The summed E-state index contributed by atoms with van der Waals surface area (Å²) >= 11 is 0. The van der Waals surface area contributed by atoms with Crippen LogP contribution in [0.5, 0.6) is 0 Å². The normalized spacial score (nSPS) is 11.9. The zero-order valence-corrected chi connectivity index (χ0v) is 11.7. The van der Waals surface area contributed by atoms with Gasteiger partial charge in [0.15, 0.2) is 0 Å². The average molecular weight is 282 g/mol. The van der Waals surface area contributed by atoms with Gasteiger partial charge in [0.2, 0.25) is 5.91 Å². The van der Waals surface area contributed by atoms with Crippen LogP contribution in [0.1, 0.15) is 23.0 Å². The lowest BCUT2D eigenvalue weighted by Gasteiger charge is -2.15. The molecular formula is C13H18N2O5. The Morgan fingerprint density at radius 1 is 1.45 bits per heavy atom. The molecule has 1 rings (SSSR count). The first-order valence-electron chi connectivity index (χ1n) is 6.08. The maximum atomic E-state index is 12.0. The van der Waals surface area contributed by atoms with E-state index < -0.39 is 11.5 Å². The summed E-state index contributed by atoms with van der Waals surface area (Å²) in [5.41, 5.74) is -0.519. The van der Waals surface area contributed by atoms with Gasteiger partial charge in [-0.15, -0.1) is 0 Å². The summed E-state index contributed by atoms with van der Waals surface area (Å²) < 4.78 is 6.03. The number of rotatable bonds is 6. The van der Waals surface area contributed by atoms with Crippen LogP contribution in [0, 0.1) is 6.92 Å². The first kappa shape index (κ1) is 15.9. The summed E-state index contributed by atoms with van der Waals surface area (Å²) in [6, 6.07) is 2.55. The van der Waals surface area contributed by atoms with E-state index >= 15 is 0 Å². The molecular weight excluding hydrogens is 264 g/mol. The molecule has 2 N–H and O–H groups in total. The highest BCUT2D eigenvalue weighted by atomic mass is 16.5. The highest BCUT2D eigenvalue weighted by molar-refractivity contribution is 5.87. The molecule has 0 saturated heterocycles. The number of aromatic nitrogens is 1. The molecule has 0 aliphatic rings. The van der Waals surface area contributed by atoms with E-state index in [1.54, 1.807) is 13.8 Å². The van der Waals surface area contributed by atoms with E-state index in [9.17, 15) is 14.4 Å². The van der Waals surface area contributed by atoms with E-state index in [1.807, 2.05) is 0 Å². The molecule has 0 radical (unpaired) electrons. The predicted molar refractivity (Wildman–Crippen MR) is 71.9 cm³/mol. The first-order valence-corrected chi connectivity index (χ1v) is 6.08. The Bertz CT molecular complexity index is 564. The van der Waals surface area contributed by atoms with Crippen molar-refractivity contribution in [2.45, 2.75) is 26.4 Å². The lowest BCUT2D eigenvalue weighted by molar-refractivity contribution is -0.122. The number of carboxylic acids is 1. The number of carbonyl (C=O) groups is 2. The Kier molecular flexibility index (Phi) is 5.45. The number of nitrogens with one attached hydrogen (secondary N) is 1. The molecule has 1 aromatic heterocycles. The molecule has 7 heteroatoms. The molecule has 1 heterocycles. The molecule has 0 spiro atoms. The van der Waals surface area contributed by atoms with E-state index in [4.69, 9.17) is 9.84 Å². The number of carboxylic acid groups (broad SMARTS) is 1. The van der Waals surface area contributed by atoms with Crippen LogP contribution in [-0.4, -0.2) is 41.3 Å². The van der Waals surface area contributed by atoms with Crippen LogP contribution in [0.3, 0.4) is 0 Å². The molecule has 1 unspecified atom stereocenters. The SMILES string of the molecule is COCC(C)NC(=O)Cn1c(C)ccc(C(=O)O)c1=O. The molecule has 0 aliphatic heterocycles. The second kappa shape index (κ2) is 6.85. The van der Waals surface area contributed by atoms with Crippen molar-refractivity contribution in [3.05, 3.63) is 33.7 Å². The van der Waals surface area contributed by atoms with Gasteiger partial charge in [-0.05, 0) is 26.0 Å². The number of methoxy groups -OCH3 is 1. The molecule has 1 amide bonds. The third-order valence-corrected chi connectivity index (χ3v) is 2.75. The van der Waals surface area contributed by atoms with Crippen LogP contribution in [0.15, 0.2) is 16.9 Å². The third kappa shape index (κ3) is 3.92. The molecule has 0 aliphatic carbocycles. The lowest BCUT2D eigenvalue weighted by atomic mass is 10.2. The second-order valence-electron chi connectivity index (χ2n) is 4.51. The Morgan fingerprint density at radius 2 is 2.10 bits per heavy atom. The highest BCUT2D eigenvalue weighted by Crippen LogP contribution is 1.99. The van der Waals surface area contributed by atoms with Crippen molar-refractivity contribution in [2.75, 3.05) is 13.7 Å². The Morgan fingerprint density at radius 3 is 2.65 bits per heavy atom. The Balaban J connectivity index is 2.92. The van der Waals surface area contributed by atoms with Crippen molar-refractivity contribution < 1.29 is 19.4 Å². The molecule has 0 fully saturated rings.